The largest absolute Gasteiger partial charge is 0.349 e. The third-order valence-corrected chi connectivity index (χ3v) is 4.16. The number of carbonyl (C=O) groups is 2. The molecule has 1 fully saturated rings. The molecule has 2 aromatic rings. The van der Waals surface area contributed by atoms with E-state index in [0.29, 0.717) is 35.3 Å². The minimum Gasteiger partial charge on any atom is -0.349 e. The summed E-state index contributed by atoms with van der Waals surface area (Å²) in [6.45, 7) is 0.509. The van der Waals surface area contributed by atoms with Crippen LogP contribution in [0, 0.1) is 0 Å². The van der Waals surface area contributed by atoms with Gasteiger partial charge in [0.05, 0.1) is 0 Å². The van der Waals surface area contributed by atoms with E-state index in [-0.39, 0.29) is 11.9 Å². The second kappa shape index (κ2) is 8.03. The van der Waals surface area contributed by atoms with Gasteiger partial charge in [0.25, 0.3) is 5.91 Å². The standard InChI is InChI=1S/C19H20ClN3O2/c20-15-6-4-13(5-7-15)10-11-21-19(25)23-17-3-1-2-14(12-17)18(24)22-16-8-9-16/h1-7,12,16H,8-11H2,(H,22,24)(H2,21,23,25). The Morgan fingerprint density at radius 1 is 1.08 bits per heavy atom. The van der Waals surface area contributed by atoms with Crippen molar-refractivity contribution in [3.05, 3.63) is 64.7 Å². The summed E-state index contributed by atoms with van der Waals surface area (Å²) in [4.78, 5) is 24.0. The van der Waals surface area contributed by atoms with Crippen molar-refractivity contribution in [3.8, 4) is 0 Å². The molecule has 0 heterocycles. The first-order valence-electron chi connectivity index (χ1n) is 8.30. The molecule has 0 spiro atoms. The predicted octanol–water partition coefficient (Wildman–Crippen LogP) is 3.60. The fraction of sp³-hybridized carbons (Fsp3) is 0.263. The highest BCUT2D eigenvalue weighted by atomic mass is 35.5. The Kier molecular flexibility index (Phi) is 5.56. The molecule has 1 saturated carbocycles. The number of hydrogen-bond acceptors (Lipinski definition) is 2. The Morgan fingerprint density at radius 3 is 2.56 bits per heavy atom. The van der Waals surface area contributed by atoms with Crippen molar-refractivity contribution in [1.29, 1.82) is 0 Å². The van der Waals surface area contributed by atoms with Crippen molar-refractivity contribution >= 4 is 29.2 Å². The SMILES string of the molecule is O=C(NCCc1ccc(Cl)cc1)Nc1cccc(C(=O)NC2CC2)c1. The molecule has 130 valence electrons. The first-order chi connectivity index (χ1) is 12.1. The molecule has 0 aliphatic heterocycles. The molecule has 0 unspecified atom stereocenters. The van der Waals surface area contributed by atoms with Crippen molar-refractivity contribution < 1.29 is 9.59 Å². The molecule has 5 nitrogen and oxygen atoms in total. The Labute approximate surface area is 151 Å². The summed E-state index contributed by atoms with van der Waals surface area (Å²) in [5.74, 6) is -0.103. The Morgan fingerprint density at radius 2 is 1.84 bits per heavy atom. The summed E-state index contributed by atoms with van der Waals surface area (Å²) >= 11 is 5.84. The molecule has 3 amide bonds. The lowest BCUT2D eigenvalue weighted by molar-refractivity contribution is 0.0951. The van der Waals surface area contributed by atoms with E-state index < -0.39 is 0 Å². The molecule has 0 atom stereocenters. The van der Waals surface area contributed by atoms with Crippen LogP contribution in [0.2, 0.25) is 5.02 Å². The molecule has 1 aliphatic rings. The fourth-order valence-corrected chi connectivity index (χ4v) is 2.51. The lowest BCUT2D eigenvalue weighted by Crippen LogP contribution is -2.30. The molecule has 25 heavy (non-hydrogen) atoms. The smallest absolute Gasteiger partial charge is 0.319 e. The maximum atomic E-state index is 12.0. The molecule has 3 N–H and O–H groups in total. The number of carbonyl (C=O) groups excluding carboxylic acids is 2. The van der Waals surface area contributed by atoms with Crippen LogP contribution in [0.5, 0.6) is 0 Å². The number of hydrogen-bond donors (Lipinski definition) is 3. The highest BCUT2D eigenvalue weighted by molar-refractivity contribution is 6.30. The van der Waals surface area contributed by atoms with Crippen LogP contribution in [0.1, 0.15) is 28.8 Å². The number of nitrogens with one attached hydrogen (secondary N) is 3. The maximum absolute atomic E-state index is 12.0. The summed E-state index contributed by atoms with van der Waals surface area (Å²) in [5.41, 5.74) is 2.24. The van der Waals surface area contributed by atoms with Gasteiger partial charge in [0.15, 0.2) is 0 Å². The lowest BCUT2D eigenvalue weighted by Gasteiger charge is -2.09. The number of anilines is 1. The molecule has 1 aliphatic carbocycles. The molecule has 0 radical (unpaired) electrons. The fourth-order valence-electron chi connectivity index (χ4n) is 2.38. The molecule has 2 aromatic carbocycles. The summed E-state index contributed by atoms with van der Waals surface area (Å²) < 4.78 is 0. The van der Waals surface area contributed by atoms with Crippen molar-refractivity contribution in [1.82, 2.24) is 10.6 Å². The van der Waals surface area contributed by atoms with Gasteiger partial charge in [-0.25, -0.2) is 4.79 Å². The zero-order chi connectivity index (χ0) is 17.6. The zero-order valence-corrected chi connectivity index (χ0v) is 14.5. The number of benzene rings is 2. The van der Waals surface area contributed by atoms with Crippen LogP contribution in [0.3, 0.4) is 0 Å². The van der Waals surface area contributed by atoms with Crippen LogP contribution >= 0.6 is 11.6 Å². The highest BCUT2D eigenvalue weighted by Crippen LogP contribution is 2.20. The molecule has 6 heteroatoms. The van der Waals surface area contributed by atoms with Gasteiger partial charge in [-0.05, 0) is 55.2 Å². The van der Waals surface area contributed by atoms with Gasteiger partial charge in [-0.15, -0.1) is 0 Å². The molecular formula is C19H20ClN3O2. The van der Waals surface area contributed by atoms with E-state index >= 15 is 0 Å². The van der Waals surface area contributed by atoms with Crippen molar-refractivity contribution in [2.24, 2.45) is 0 Å². The van der Waals surface area contributed by atoms with Gasteiger partial charge >= 0.3 is 6.03 Å². The van der Waals surface area contributed by atoms with Gasteiger partial charge in [-0.1, -0.05) is 29.8 Å². The number of halogens is 1. The van der Waals surface area contributed by atoms with Gasteiger partial charge in [0.2, 0.25) is 0 Å². The topological polar surface area (TPSA) is 70.2 Å². The van der Waals surface area contributed by atoms with Crippen LogP contribution in [0.25, 0.3) is 0 Å². The number of amides is 3. The molecular weight excluding hydrogens is 338 g/mol. The lowest BCUT2D eigenvalue weighted by atomic mass is 10.1. The van der Waals surface area contributed by atoms with E-state index in [1.54, 1.807) is 24.3 Å². The number of rotatable bonds is 6. The van der Waals surface area contributed by atoms with Crippen LogP contribution in [0.15, 0.2) is 48.5 Å². The second-order valence-corrected chi connectivity index (χ2v) is 6.52. The van der Waals surface area contributed by atoms with Gasteiger partial charge in [-0.2, -0.15) is 0 Å². The first kappa shape index (κ1) is 17.3. The maximum Gasteiger partial charge on any atom is 0.319 e. The van der Waals surface area contributed by atoms with Crippen LogP contribution < -0.4 is 16.0 Å². The monoisotopic (exact) mass is 357 g/mol. The average Bonchev–Trinajstić information content (AvgIpc) is 3.41. The third-order valence-electron chi connectivity index (χ3n) is 3.91. The highest BCUT2D eigenvalue weighted by Gasteiger charge is 2.23. The Bertz CT molecular complexity index is 758. The van der Waals surface area contributed by atoms with Crippen LogP contribution in [-0.4, -0.2) is 24.5 Å². The molecule has 0 bridgehead atoms. The van der Waals surface area contributed by atoms with E-state index in [2.05, 4.69) is 16.0 Å². The van der Waals surface area contributed by atoms with Gasteiger partial charge < -0.3 is 16.0 Å². The van der Waals surface area contributed by atoms with Crippen LogP contribution in [0.4, 0.5) is 10.5 Å². The summed E-state index contributed by atoms with van der Waals surface area (Å²) in [6, 6.07) is 14.5. The Hall–Kier alpha value is -2.53. The van der Waals surface area contributed by atoms with Gasteiger partial charge in [0, 0.05) is 28.9 Å². The van der Waals surface area contributed by atoms with E-state index in [4.69, 9.17) is 11.6 Å². The van der Waals surface area contributed by atoms with Crippen molar-refractivity contribution in [2.45, 2.75) is 25.3 Å². The zero-order valence-electron chi connectivity index (χ0n) is 13.7. The van der Waals surface area contributed by atoms with E-state index in [9.17, 15) is 9.59 Å². The summed E-state index contributed by atoms with van der Waals surface area (Å²) in [6.07, 6.45) is 2.80. The van der Waals surface area contributed by atoms with E-state index in [1.165, 1.54) is 0 Å². The Balaban J connectivity index is 1.47. The normalized spacial score (nSPS) is 13.2. The molecule has 3 rings (SSSR count). The third kappa shape index (κ3) is 5.50. The van der Waals surface area contributed by atoms with Gasteiger partial charge in [-0.3, -0.25) is 4.79 Å². The second-order valence-electron chi connectivity index (χ2n) is 6.09. The van der Waals surface area contributed by atoms with E-state index in [0.717, 1.165) is 18.4 Å². The minimum atomic E-state index is -0.297. The predicted molar refractivity (Wildman–Crippen MR) is 99.1 cm³/mol. The van der Waals surface area contributed by atoms with Crippen molar-refractivity contribution in [3.63, 3.8) is 0 Å². The quantitative estimate of drug-likeness (QED) is 0.739. The summed E-state index contributed by atoms with van der Waals surface area (Å²) in [7, 11) is 0. The van der Waals surface area contributed by atoms with E-state index in [1.807, 2.05) is 24.3 Å². The average molecular weight is 358 g/mol. The number of urea groups is 1. The minimum absolute atomic E-state index is 0.103. The van der Waals surface area contributed by atoms with Crippen molar-refractivity contribution in [2.75, 3.05) is 11.9 Å². The summed E-state index contributed by atoms with van der Waals surface area (Å²) in [5, 5.41) is 9.18. The first-order valence-corrected chi connectivity index (χ1v) is 8.68. The van der Waals surface area contributed by atoms with Crippen LogP contribution in [-0.2, 0) is 6.42 Å². The molecule has 0 saturated heterocycles. The molecule has 0 aromatic heterocycles. The van der Waals surface area contributed by atoms with Gasteiger partial charge in [0.1, 0.15) is 0 Å².